The van der Waals surface area contributed by atoms with Crippen molar-refractivity contribution >= 4 is 43.3 Å². The molecule has 6 N–H and O–H groups in total. The van der Waals surface area contributed by atoms with Gasteiger partial charge in [-0.2, -0.15) is 0 Å². The Kier molecular flexibility index (Phi) is 8.07. The number of aromatic nitrogens is 6. The molecule has 3 fully saturated rings. The molecule has 3 saturated heterocycles. The van der Waals surface area contributed by atoms with E-state index in [4.69, 9.17) is 45.1 Å². The number of anilines is 1. The molecule has 3 aromatic heterocycles. The number of ether oxygens (including phenoxy) is 2. The second-order valence-electron chi connectivity index (χ2n) is 9.45. The minimum absolute atomic E-state index is 0.0123. The Balaban J connectivity index is 1.35. The number of nitrogen functional groups attached to an aromatic ring is 1. The van der Waals surface area contributed by atoms with Gasteiger partial charge < -0.3 is 29.1 Å². The second-order valence-corrected chi connectivity index (χ2v) is 14.1. The van der Waals surface area contributed by atoms with Crippen molar-refractivity contribution in [2.45, 2.75) is 49.2 Å². The van der Waals surface area contributed by atoms with Gasteiger partial charge in [-0.1, -0.05) is 0 Å². The first-order valence-corrected chi connectivity index (χ1v) is 16.5. The van der Waals surface area contributed by atoms with Crippen LogP contribution in [-0.4, -0.2) is 84.3 Å². The number of phosphoric acid groups is 1. The van der Waals surface area contributed by atoms with E-state index in [1.165, 1.54) is 4.57 Å². The predicted molar refractivity (Wildman–Crippen MR) is 136 cm³/mol. The largest absolute Gasteiger partial charge is 0.756 e. The van der Waals surface area contributed by atoms with Crippen LogP contribution in [0.1, 0.15) is 12.5 Å². The molecular formula is C19H22F2N8O11P2S. The highest BCUT2D eigenvalue weighted by molar-refractivity contribution is 8.06. The minimum atomic E-state index is -5.42. The first-order chi connectivity index (χ1) is 20.4. The average Bonchev–Trinajstić information content (AvgIpc) is 3.61. The first kappa shape index (κ1) is 30.4. The van der Waals surface area contributed by atoms with E-state index in [-0.39, 0.29) is 17.0 Å². The SMILES string of the molecule is Nc1ncnc2c1ncn2[C@@H]1O[C@@H]2COP(=S)([NH2+]O)O[C@@H]3[C@H](F)[C@@H](COP(=O)([O-])O[C@@H]1[C@@H]2F)O[C@H]3n1ccc(=O)[nH]c1=O. The van der Waals surface area contributed by atoms with Gasteiger partial charge in [0.15, 0.2) is 36.3 Å². The van der Waals surface area contributed by atoms with Crippen molar-refractivity contribution < 1.29 is 56.3 Å². The van der Waals surface area contributed by atoms with Gasteiger partial charge in [-0.15, -0.1) is 5.25 Å². The lowest BCUT2D eigenvalue weighted by molar-refractivity contribution is -0.781. The molecule has 3 aliphatic heterocycles. The molecule has 0 radical (unpaired) electrons. The number of fused-ring (bicyclic) bond motifs is 5. The van der Waals surface area contributed by atoms with Crippen LogP contribution >= 0.6 is 14.5 Å². The fourth-order valence-corrected chi connectivity index (χ4v) is 7.28. The number of halogens is 2. The van der Waals surface area contributed by atoms with Gasteiger partial charge in [0.25, 0.3) is 13.4 Å². The van der Waals surface area contributed by atoms with Gasteiger partial charge in [0.2, 0.25) is 0 Å². The molecule has 3 aromatic rings. The second kappa shape index (κ2) is 11.4. The van der Waals surface area contributed by atoms with Crippen LogP contribution in [0.4, 0.5) is 14.6 Å². The van der Waals surface area contributed by atoms with E-state index in [2.05, 4.69) is 15.0 Å². The van der Waals surface area contributed by atoms with Gasteiger partial charge >= 0.3 is 12.3 Å². The molecule has 2 unspecified atom stereocenters. The van der Waals surface area contributed by atoms with Crippen LogP contribution in [0.25, 0.3) is 11.2 Å². The number of H-pyrrole nitrogens is 1. The van der Waals surface area contributed by atoms with E-state index in [0.29, 0.717) is 5.25 Å². The number of aromatic amines is 1. The molecule has 43 heavy (non-hydrogen) atoms. The highest BCUT2D eigenvalue weighted by Crippen LogP contribution is 2.51. The fraction of sp³-hybridized carbons (Fsp3) is 0.526. The molecule has 0 spiro atoms. The number of alkyl halides is 2. The lowest BCUT2D eigenvalue weighted by atomic mass is 10.1. The van der Waals surface area contributed by atoms with Gasteiger partial charge in [0.05, 0.1) is 19.5 Å². The number of nitrogens with one attached hydrogen (secondary N) is 1. The van der Waals surface area contributed by atoms with E-state index in [1.54, 1.807) is 0 Å². The Hall–Kier alpha value is -2.59. The molecule has 24 heteroatoms. The molecule has 0 amide bonds. The third-order valence-electron chi connectivity index (χ3n) is 6.79. The summed E-state index contributed by atoms with van der Waals surface area (Å²) >= 11 is 5.30. The maximum Gasteiger partial charge on any atom is 0.414 e. The molecule has 6 heterocycles. The number of phosphoric ester groups is 1. The quantitative estimate of drug-likeness (QED) is 0.172. The summed E-state index contributed by atoms with van der Waals surface area (Å²) in [5.41, 5.74) is 4.21. The van der Waals surface area contributed by atoms with Crippen molar-refractivity contribution in [3.05, 3.63) is 45.8 Å². The Bertz CT molecular complexity index is 1750. The van der Waals surface area contributed by atoms with Crippen LogP contribution in [-0.2, 0) is 43.9 Å². The number of nitrogens with zero attached hydrogens (tertiary/aromatic N) is 5. The molecular weight excluding hydrogens is 648 g/mol. The molecule has 6 rings (SSSR count). The monoisotopic (exact) mass is 670 g/mol. The van der Waals surface area contributed by atoms with Gasteiger partial charge in [-0.05, 0) is 0 Å². The summed E-state index contributed by atoms with van der Waals surface area (Å²) in [5.74, 6) is -0.0123. The smallest absolute Gasteiger partial charge is 0.414 e. The first-order valence-electron chi connectivity index (χ1n) is 12.3. The minimum Gasteiger partial charge on any atom is -0.756 e. The molecule has 4 bridgehead atoms. The fourth-order valence-electron chi connectivity index (χ4n) is 4.80. The van der Waals surface area contributed by atoms with Crippen LogP contribution in [0.2, 0.25) is 0 Å². The van der Waals surface area contributed by atoms with Crippen molar-refractivity contribution in [1.29, 1.82) is 0 Å². The van der Waals surface area contributed by atoms with Crippen molar-refractivity contribution in [2.75, 3.05) is 18.9 Å². The predicted octanol–water partition coefficient (Wildman–Crippen LogP) is -2.11. The highest BCUT2D eigenvalue weighted by Gasteiger charge is 2.54. The molecule has 3 aliphatic rings. The lowest BCUT2D eigenvalue weighted by Gasteiger charge is -2.30. The molecule has 0 saturated carbocycles. The Morgan fingerprint density at radius 1 is 1.07 bits per heavy atom. The average molecular weight is 670 g/mol. The number of nitrogens with two attached hydrogens (primary N) is 2. The summed E-state index contributed by atoms with van der Waals surface area (Å²) in [6.07, 6.45) is -11.3. The highest BCUT2D eigenvalue weighted by atomic mass is 32.5. The topological polar surface area (TPSA) is 257 Å². The van der Waals surface area contributed by atoms with Crippen LogP contribution in [0.3, 0.4) is 0 Å². The van der Waals surface area contributed by atoms with E-state index < -0.39 is 88.1 Å². The zero-order valence-corrected chi connectivity index (χ0v) is 23.9. The summed E-state index contributed by atoms with van der Waals surface area (Å²) in [6, 6.07) is 0.946. The van der Waals surface area contributed by atoms with E-state index in [9.17, 15) is 24.3 Å². The van der Waals surface area contributed by atoms with Crippen molar-refractivity contribution in [1.82, 2.24) is 29.1 Å². The molecule has 0 aromatic carbocycles. The van der Waals surface area contributed by atoms with Crippen LogP contribution in [0.5, 0.6) is 0 Å². The molecule has 19 nitrogen and oxygen atoms in total. The lowest BCUT2D eigenvalue weighted by Crippen LogP contribution is -2.76. The molecule has 0 aliphatic carbocycles. The molecule has 234 valence electrons. The van der Waals surface area contributed by atoms with Gasteiger partial charge in [-0.25, -0.2) is 33.7 Å². The summed E-state index contributed by atoms with van der Waals surface area (Å²) < 4.78 is 78.8. The normalized spacial score (nSPS) is 38.7. The standard InChI is InChI=1S/C19H22F2N8O11P2S/c20-10-8-4-36-42(33,34)40-14-11(21)7(38-18(14)29-6-25-12-15(22)23-5-24-16(12)29)3-35-41(43,27-32)39-13(10)17(37-8)28-2-1-9(30)26-19(28)31/h1-2,5-8,10-11,13-14,17-18,32H,3-4H2,(H,27,43)(H,33,34)(H2,22,23,24)(H,26,30,31)/t7-,8-,10-,11-,13-,14-,17-,18-,41?/m1/s1. The van der Waals surface area contributed by atoms with Gasteiger partial charge in [0, 0.05) is 24.1 Å². The maximum absolute atomic E-state index is 15.8. The maximum atomic E-state index is 15.8. The number of hydrogen-bond acceptors (Lipinski definition) is 16. The Morgan fingerprint density at radius 3 is 2.40 bits per heavy atom. The Labute approximate surface area is 242 Å². The van der Waals surface area contributed by atoms with Crippen molar-refractivity contribution in [3.8, 4) is 0 Å². The van der Waals surface area contributed by atoms with Gasteiger partial charge in [-0.3, -0.25) is 32.5 Å². The number of imidazole rings is 1. The summed E-state index contributed by atoms with van der Waals surface area (Å²) in [4.78, 5) is 50.7. The zero-order valence-electron chi connectivity index (χ0n) is 21.3. The number of hydrogen-bond donors (Lipinski definition) is 4. The third kappa shape index (κ3) is 5.70. The van der Waals surface area contributed by atoms with Gasteiger partial charge in [0.1, 0.15) is 36.3 Å². The third-order valence-corrected chi connectivity index (χ3v) is 9.94. The van der Waals surface area contributed by atoms with E-state index in [1.807, 2.05) is 4.98 Å². The molecule has 10 atom stereocenters. The number of quaternary nitrogens is 1. The van der Waals surface area contributed by atoms with Crippen LogP contribution in [0.15, 0.2) is 34.5 Å². The van der Waals surface area contributed by atoms with Crippen LogP contribution < -0.4 is 27.1 Å². The zero-order chi connectivity index (χ0) is 30.7. The number of rotatable bonds is 3. The summed E-state index contributed by atoms with van der Waals surface area (Å²) in [7, 11) is -5.42. The van der Waals surface area contributed by atoms with Crippen molar-refractivity contribution in [3.63, 3.8) is 0 Å². The van der Waals surface area contributed by atoms with Crippen molar-refractivity contribution in [2.24, 2.45) is 0 Å². The van der Waals surface area contributed by atoms with E-state index in [0.717, 1.165) is 29.5 Å². The summed E-state index contributed by atoms with van der Waals surface area (Å²) in [6.45, 7) is -5.74. The van der Waals surface area contributed by atoms with E-state index >= 15 is 8.78 Å². The Morgan fingerprint density at radius 2 is 1.72 bits per heavy atom. The summed E-state index contributed by atoms with van der Waals surface area (Å²) in [5, 5.41) is 10.3. The van der Waals surface area contributed by atoms with Crippen LogP contribution in [0, 0.1) is 0 Å².